The molecule has 0 N–H and O–H groups in total. The van der Waals surface area contributed by atoms with Gasteiger partial charge in [0, 0.05) is 26.2 Å². The van der Waals surface area contributed by atoms with Gasteiger partial charge in [-0.15, -0.1) is 0 Å². The smallest absolute Gasteiger partial charge is 0.333 e. The molecule has 0 unspecified atom stereocenters. The Labute approximate surface area is 145 Å². The lowest BCUT2D eigenvalue weighted by molar-refractivity contribution is -0.385. The van der Waals surface area contributed by atoms with Crippen molar-refractivity contribution in [3.63, 3.8) is 0 Å². The highest BCUT2D eigenvalue weighted by Gasteiger charge is 2.27. The van der Waals surface area contributed by atoms with Crippen LogP contribution in [0.25, 0.3) is 0 Å². The molecule has 25 heavy (non-hydrogen) atoms. The van der Waals surface area contributed by atoms with Gasteiger partial charge < -0.3 is 14.2 Å². The molecule has 1 saturated heterocycles. The van der Waals surface area contributed by atoms with Gasteiger partial charge in [-0.05, 0) is 26.0 Å². The van der Waals surface area contributed by atoms with Crippen LogP contribution in [-0.2, 0) is 6.54 Å². The normalized spacial score (nSPS) is 15.4. The summed E-state index contributed by atoms with van der Waals surface area (Å²) in [5.74, 6) is 1.53. The Morgan fingerprint density at radius 1 is 1.32 bits per heavy atom. The maximum Gasteiger partial charge on any atom is 0.333 e. The molecule has 0 atom stereocenters. The number of hydrogen-bond acceptors (Lipinski definition) is 8. The minimum atomic E-state index is -0.367. The highest BCUT2D eigenvalue weighted by atomic mass is 16.6. The predicted molar refractivity (Wildman–Crippen MR) is 90.8 cm³/mol. The maximum absolute atomic E-state index is 11.5. The number of nitro groups is 1. The number of aromatic nitrogens is 2. The molecule has 134 valence electrons. The number of rotatable bonds is 6. The van der Waals surface area contributed by atoms with Crippen molar-refractivity contribution in [1.29, 1.82) is 0 Å². The van der Waals surface area contributed by atoms with Gasteiger partial charge in [-0.1, -0.05) is 11.2 Å². The lowest BCUT2D eigenvalue weighted by Gasteiger charge is -2.35. The zero-order valence-corrected chi connectivity index (χ0v) is 14.3. The highest BCUT2D eigenvalue weighted by molar-refractivity contribution is 5.70. The summed E-state index contributed by atoms with van der Waals surface area (Å²) in [6.45, 7) is 7.48. The monoisotopic (exact) mass is 347 g/mol. The van der Waals surface area contributed by atoms with Crippen molar-refractivity contribution in [1.82, 2.24) is 15.0 Å². The van der Waals surface area contributed by atoms with E-state index >= 15 is 0 Å². The first-order chi connectivity index (χ1) is 12.1. The number of aryl methyl sites for hydroxylation is 1. The molecule has 0 aliphatic carbocycles. The maximum atomic E-state index is 11.5. The van der Waals surface area contributed by atoms with E-state index in [-0.39, 0.29) is 10.6 Å². The predicted octanol–water partition coefficient (Wildman–Crippen LogP) is 2.01. The molecule has 1 aromatic heterocycles. The SMILES string of the molecule is CCOc1cccc(N2CCN(Cc3nc(C)no3)CC2)c1[N+](=O)[O-]. The number of nitrogens with zero attached hydrogens (tertiary/aromatic N) is 5. The van der Waals surface area contributed by atoms with E-state index in [4.69, 9.17) is 9.26 Å². The Hall–Kier alpha value is -2.68. The molecule has 2 heterocycles. The van der Waals surface area contributed by atoms with E-state index in [0.29, 0.717) is 49.4 Å². The third-order valence-corrected chi connectivity index (χ3v) is 4.10. The zero-order valence-electron chi connectivity index (χ0n) is 14.3. The van der Waals surface area contributed by atoms with Gasteiger partial charge in [-0.3, -0.25) is 15.0 Å². The minimum absolute atomic E-state index is 0.0327. The van der Waals surface area contributed by atoms with Crippen LogP contribution in [0.15, 0.2) is 22.7 Å². The van der Waals surface area contributed by atoms with Gasteiger partial charge in [0.1, 0.15) is 5.69 Å². The van der Waals surface area contributed by atoms with Crippen LogP contribution in [-0.4, -0.2) is 52.7 Å². The van der Waals surface area contributed by atoms with Crippen LogP contribution >= 0.6 is 0 Å². The Morgan fingerprint density at radius 3 is 2.68 bits per heavy atom. The Morgan fingerprint density at radius 2 is 2.08 bits per heavy atom. The first-order valence-corrected chi connectivity index (χ1v) is 8.25. The Kier molecular flexibility index (Phi) is 5.13. The summed E-state index contributed by atoms with van der Waals surface area (Å²) in [6, 6.07) is 5.21. The van der Waals surface area contributed by atoms with E-state index in [0.717, 1.165) is 13.1 Å². The summed E-state index contributed by atoms with van der Waals surface area (Å²) >= 11 is 0. The lowest BCUT2D eigenvalue weighted by atomic mass is 10.2. The van der Waals surface area contributed by atoms with Gasteiger partial charge in [0.2, 0.25) is 5.89 Å². The largest absolute Gasteiger partial charge is 0.487 e. The van der Waals surface area contributed by atoms with Crippen LogP contribution in [0.2, 0.25) is 0 Å². The molecule has 9 nitrogen and oxygen atoms in total. The molecule has 0 amide bonds. The molecule has 0 bridgehead atoms. The minimum Gasteiger partial charge on any atom is -0.487 e. The fourth-order valence-electron chi connectivity index (χ4n) is 2.96. The lowest BCUT2D eigenvalue weighted by Crippen LogP contribution is -2.46. The Balaban J connectivity index is 1.70. The van der Waals surface area contributed by atoms with E-state index in [1.54, 1.807) is 25.1 Å². The molecular weight excluding hydrogens is 326 g/mol. The standard InChI is InChI=1S/C16H21N5O4/c1-3-24-14-6-4-5-13(16(14)21(22)23)20-9-7-19(8-10-20)11-15-17-12(2)18-25-15/h4-6H,3,7-11H2,1-2H3. The van der Waals surface area contributed by atoms with E-state index in [1.807, 2.05) is 11.8 Å². The van der Waals surface area contributed by atoms with Crippen molar-refractivity contribution in [2.24, 2.45) is 0 Å². The quantitative estimate of drug-likeness (QED) is 0.578. The van der Waals surface area contributed by atoms with Gasteiger partial charge in [0.05, 0.1) is 18.1 Å². The number of para-hydroxylation sites is 1. The van der Waals surface area contributed by atoms with Gasteiger partial charge in [-0.25, -0.2) is 0 Å². The summed E-state index contributed by atoms with van der Waals surface area (Å²) in [7, 11) is 0. The van der Waals surface area contributed by atoms with Crippen LogP contribution in [0.3, 0.4) is 0 Å². The summed E-state index contributed by atoms with van der Waals surface area (Å²) in [4.78, 5) is 19.6. The van der Waals surface area contributed by atoms with Crippen molar-refractivity contribution in [3.05, 3.63) is 40.0 Å². The van der Waals surface area contributed by atoms with Crippen LogP contribution in [0.5, 0.6) is 5.75 Å². The third-order valence-electron chi connectivity index (χ3n) is 4.10. The second kappa shape index (κ2) is 7.47. The molecule has 3 rings (SSSR count). The summed E-state index contributed by atoms with van der Waals surface area (Å²) in [6.07, 6.45) is 0. The molecular formula is C16H21N5O4. The van der Waals surface area contributed by atoms with Gasteiger partial charge in [-0.2, -0.15) is 4.98 Å². The van der Waals surface area contributed by atoms with Gasteiger partial charge in [0.15, 0.2) is 11.6 Å². The summed E-state index contributed by atoms with van der Waals surface area (Å²) in [5.41, 5.74) is 0.634. The fraction of sp³-hybridized carbons (Fsp3) is 0.500. The molecule has 1 aliphatic heterocycles. The van der Waals surface area contributed by atoms with E-state index in [2.05, 4.69) is 15.0 Å². The molecule has 1 aliphatic rings. The summed E-state index contributed by atoms with van der Waals surface area (Å²) in [5, 5.41) is 15.3. The number of anilines is 1. The number of piperazine rings is 1. The molecule has 9 heteroatoms. The average molecular weight is 347 g/mol. The molecule has 0 spiro atoms. The molecule has 1 fully saturated rings. The highest BCUT2D eigenvalue weighted by Crippen LogP contribution is 2.37. The topological polar surface area (TPSA) is 97.8 Å². The van der Waals surface area contributed by atoms with Crippen molar-refractivity contribution in [2.75, 3.05) is 37.7 Å². The van der Waals surface area contributed by atoms with Crippen LogP contribution in [0.4, 0.5) is 11.4 Å². The summed E-state index contributed by atoms with van der Waals surface area (Å²) < 4.78 is 10.6. The van der Waals surface area contributed by atoms with E-state index in [9.17, 15) is 10.1 Å². The Bertz CT molecular complexity index is 740. The molecule has 0 radical (unpaired) electrons. The average Bonchev–Trinajstić information content (AvgIpc) is 3.00. The van der Waals surface area contributed by atoms with Crippen molar-refractivity contribution < 1.29 is 14.2 Å². The molecule has 2 aromatic rings. The fourth-order valence-corrected chi connectivity index (χ4v) is 2.96. The van der Waals surface area contributed by atoms with E-state index < -0.39 is 0 Å². The van der Waals surface area contributed by atoms with Crippen molar-refractivity contribution >= 4 is 11.4 Å². The first-order valence-electron chi connectivity index (χ1n) is 8.25. The van der Waals surface area contributed by atoms with Gasteiger partial charge >= 0.3 is 5.69 Å². The van der Waals surface area contributed by atoms with Crippen molar-refractivity contribution in [3.8, 4) is 5.75 Å². The number of benzene rings is 1. The number of nitro benzene ring substituents is 1. The van der Waals surface area contributed by atoms with E-state index in [1.165, 1.54) is 0 Å². The second-order valence-corrected chi connectivity index (χ2v) is 5.81. The van der Waals surface area contributed by atoms with Crippen molar-refractivity contribution in [2.45, 2.75) is 20.4 Å². The third kappa shape index (κ3) is 3.87. The number of ether oxygens (including phenoxy) is 1. The van der Waals surface area contributed by atoms with Crippen LogP contribution in [0.1, 0.15) is 18.6 Å². The number of hydrogen-bond donors (Lipinski definition) is 0. The second-order valence-electron chi connectivity index (χ2n) is 5.81. The first kappa shape index (κ1) is 17.2. The molecule has 0 saturated carbocycles. The molecule has 1 aromatic carbocycles. The van der Waals surface area contributed by atoms with Gasteiger partial charge in [0.25, 0.3) is 0 Å². The zero-order chi connectivity index (χ0) is 17.8. The van der Waals surface area contributed by atoms with Crippen LogP contribution < -0.4 is 9.64 Å². The van der Waals surface area contributed by atoms with Crippen LogP contribution in [0, 0.1) is 17.0 Å².